The largest absolute Gasteiger partial charge is 0.357 e. The van der Waals surface area contributed by atoms with Crippen molar-refractivity contribution in [2.24, 2.45) is 13.0 Å². The van der Waals surface area contributed by atoms with Crippen molar-refractivity contribution in [1.29, 1.82) is 0 Å². The Bertz CT molecular complexity index is 411. The second-order valence-corrected chi connectivity index (χ2v) is 4.11. The Hall–Kier alpha value is -1.78. The summed E-state index contributed by atoms with van der Waals surface area (Å²) >= 11 is 0. The van der Waals surface area contributed by atoms with Gasteiger partial charge in [-0.2, -0.15) is 0 Å². The minimum atomic E-state index is -0.212. The van der Waals surface area contributed by atoms with E-state index in [4.69, 9.17) is 0 Å². The third kappa shape index (κ3) is 2.42. The maximum Gasteiger partial charge on any atom is 0.225 e. The molecule has 86 valence electrons. The highest BCUT2D eigenvalue weighted by molar-refractivity contribution is 5.89. The maximum atomic E-state index is 11.7. The van der Waals surface area contributed by atoms with Gasteiger partial charge in [0.25, 0.3) is 0 Å². The van der Waals surface area contributed by atoms with E-state index in [0.717, 1.165) is 5.56 Å². The molecule has 0 radical (unpaired) electrons. The predicted octanol–water partition coefficient (Wildman–Crippen LogP) is -0.223. The van der Waals surface area contributed by atoms with Gasteiger partial charge in [0.1, 0.15) is 0 Å². The zero-order chi connectivity index (χ0) is 11.5. The molecule has 0 aromatic carbocycles. The smallest absolute Gasteiger partial charge is 0.225 e. The third-order valence-electron chi connectivity index (χ3n) is 2.71. The van der Waals surface area contributed by atoms with E-state index in [-0.39, 0.29) is 17.7 Å². The van der Waals surface area contributed by atoms with Crippen LogP contribution in [0.1, 0.15) is 12.0 Å². The fourth-order valence-electron chi connectivity index (χ4n) is 1.79. The summed E-state index contributed by atoms with van der Waals surface area (Å²) in [4.78, 5) is 22.6. The van der Waals surface area contributed by atoms with Gasteiger partial charge in [0.05, 0.1) is 5.92 Å². The van der Waals surface area contributed by atoms with E-state index in [1.54, 1.807) is 0 Å². The van der Waals surface area contributed by atoms with E-state index >= 15 is 0 Å². The molecule has 2 rings (SSSR count). The van der Waals surface area contributed by atoms with E-state index in [2.05, 4.69) is 10.6 Å². The molecule has 5 heteroatoms. The molecule has 2 heterocycles. The second kappa shape index (κ2) is 4.38. The molecule has 2 amide bonds. The van der Waals surface area contributed by atoms with Crippen LogP contribution in [0.4, 0.5) is 0 Å². The van der Waals surface area contributed by atoms with Crippen LogP contribution in [0.25, 0.3) is 0 Å². The number of nitrogens with one attached hydrogen (secondary N) is 2. The van der Waals surface area contributed by atoms with E-state index in [0.29, 0.717) is 19.5 Å². The molecule has 16 heavy (non-hydrogen) atoms. The van der Waals surface area contributed by atoms with Crippen molar-refractivity contribution in [3.8, 4) is 0 Å². The van der Waals surface area contributed by atoms with E-state index in [1.165, 1.54) is 0 Å². The molecule has 1 atom stereocenters. The fourth-order valence-corrected chi connectivity index (χ4v) is 1.79. The maximum absolute atomic E-state index is 11.7. The quantitative estimate of drug-likeness (QED) is 0.741. The Morgan fingerprint density at radius 3 is 3.06 bits per heavy atom. The van der Waals surface area contributed by atoms with Gasteiger partial charge >= 0.3 is 0 Å². The van der Waals surface area contributed by atoms with Crippen LogP contribution in [0.2, 0.25) is 0 Å². The van der Waals surface area contributed by atoms with Gasteiger partial charge in [0, 0.05) is 39.0 Å². The van der Waals surface area contributed by atoms with Crippen molar-refractivity contribution in [2.75, 3.05) is 6.54 Å². The number of amides is 2. The number of aryl methyl sites for hydroxylation is 1. The molecule has 1 aromatic rings. The van der Waals surface area contributed by atoms with Crippen molar-refractivity contribution in [2.45, 2.75) is 13.0 Å². The lowest BCUT2D eigenvalue weighted by atomic mass is 10.1. The lowest BCUT2D eigenvalue weighted by Gasteiger charge is -2.07. The van der Waals surface area contributed by atoms with Crippen molar-refractivity contribution in [3.05, 3.63) is 24.0 Å². The molecule has 0 saturated carbocycles. The van der Waals surface area contributed by atoms with E-state index < -0.39 is 0 Å². The van der Waals surface area contributed by atoms with Crippen molar-refractivity contribution >= 4 is 11.8 Å². The molecule has 1 aliphatic heterocycles. The zero-order valence-corrected chi connectivity index (χ0v) is 9.19. The predicted molar refractivity (Wildman–Crippen MR) is 58.4 cm³/mol. The van der Waals surface area contributed by atoms with E-state index in [9.17, 15) is 9.59 Å². The first-order chi connectivity index (χ1) is 7.65. The molecule has 1 saturated heterocycles. The van der Waals surface area contributed by atoms with Crippen LogP contribution in [0.5, 0.6) is 0 Å². The van der Waals surface area contributed by atoms with Gasteiger partial charge < -0.3 is 15.2 Å². The van der Waals surface area contributed by atoms with Crippen LogP contribution in [-0.4, -0.2) is 22.9 Å². The molecule has 1 unspecified atom stereocenters. The normalized spacial score (nSPS) is 19.6. The number of rotatable bonds is 3. The monoisotopic (exact) mass is 221 g/mol. The minimum Gasteiger partial charge on any atom is -0.357 e. The van der Waals surface area contributed by atoms with Gasteiger partial charge in [-0.25, -0.2) is 0 Å². The average molecular weight is 221 g/mol. The van der Waals surface area contributed by atoms with Gasteiger partial charge in [-0.3, -0.25) is 9.59 Å². The Balaban J connectivity index is 1.82. The summed E-state index contributed by atoms with van der Waals surface area (Å²) in [6.45, 7) is 0.976. The van der Waals surface area contributed by atoms with Gasteiger partial charge in [0.15, 0.2) is 0 Å². The molecule has 1 aromatic heterocycles. The number of carbonyl (C=O) groups is 2. The standard InChI is InChI=1S/C11H15N3O2/c1-14-3-2-8(7-14)5-13-11(16)9-4-10(15)12-6-9/h2-3,7,9H,4-6H2,1H3,(H,12,15)(H,13,16). The molecule has 1 fully saturated rings. The summed E-state index contributed by atoms with van der Waals surface area (Å²) in [5, 5.41) is 5.48. The average Bonchev–Trinajstić information content (AvgIpc) is 2.84. The molecule has 5 nitrogen and oxygen atoms in total. The first kappa shape index (κ1) is 10.7. The molecular weight excluding hydrogens is 206 g/mol. The summed E-state index contributed by atoms with van der Waals surface area (Å²) in [5.41, 5.74) is 1.06. The van der Waals surface area contributed by atoms with Crippen LogP contribution >= 0.6 is 0 Å². The van der Waals surface area contributed by atoms with Gasteiger partial charge in [-0.15, -0.1) is 0 Å². The van der Waals surface area contributed by atoms with Crippen molar-refractivity contribution < 1.29 is 9.59 Å². The molecule has 0 spiro atoms. The first-order valence-corrected chi connectivity index (χ1v) is 5.30. The molecule has 0 aliphatic carbocycles. The zero-order valence-electron chi connectivity index (χ0n) is 9.19. The molecule has 2 N–H and O–H groups in total. The summed E-state index contributed by atoms with van der Waals surface area (Å²) in [5.74, 6) is -0.307. The SMILES string of the molecule is Cn1ccc(CNC(=O)C2CNC(=O)C2)c1. The Labute approximate surface area is 93.8 Å². The summed E-state index contributed by atoms with van der Waals surface area (Å²) in [6, 6.07) is 1.96. The molecular formula is C11H15N3O2. The summed E-state index contributed by atoms with van der Waals surface area (Å²) in [7, 11) is 1.94. The number of nitrogens with zero attached hydrogens (tertiary/aromatic N) is 1. The topological polar surface area (TPSA) is 63.1 Å². The van der Waals surface area contributed by atoms with Crippen LogP contribution in [0, 0.1) is 5.92 Å². The highest BCUT2D eigenvalue weighted by atomic mass is 16.2. The third-order valence-corrected chi connectivity index (χ3v) is 2.71. The fraction of sp³-hybridized carbons (Fsp3) is 0.455. The Morgan fingerprint density at radius 2 is 2.50 bits per heavy atom. The number of aromatic nitrogens is 1. The lowest BCUT2D eigenvalue weighted by Crippen LogP contribution is -2.31. The Morgan fingerprint density at radius 1 is 1.69 bits per heavy atom. The second-order valence-electron chi connectivity index (χ2n) is 4.11. The van der Waals surface area contributed by atoms with Crippen LogP contribution in [0.3, 0.4) is 0 Å². The summed E-state index contributed by atoms with van der Waals surface area (Å²) in [6.07, 6.45) is 4.20. The van der Waals surface area contributed by atoms with Gasteiger partial charge in [-0.1, -0.05) is 0 Å². The van der Waals surface area contributed by atoms with Crippen LogP contribution < -0.4 is 10.6 Å². The molecule has 1 aliphatic rings. The van der Waals surface area contributed by atoms with Crippen LogP contribution in [0.15, 0.2) is 18.5 Å². The minimum absolute atomic E-state index is 0.0418. The molecule has 0 bridgehead atoms. The highest BCUT2D eigenvalue weighted by Gasteiger charge is 2.27. The summed E-state index contributed by atoms with van der Waals surface area (Å²) < 4.78 is 1.93. The Kier molecular flexibility index (Phi) is 2.94. The number of carbonyl (C=O) groups excluding carboxylic acids is 2. The first-order valence-electron chi connectivity index (χ1n) is 5.30. The van der Waals surface area contributed by atoms with Crippen molar-refractivity contribution in [1.82, 2.24) is 15.2 Å². The highest BCUT2D eigenvalue weighted by Crippen LogP contribution is 2.09. The van der Waals surface area contributed by atoms with E-state index in [1.807, 2.05) is 30.1 Å². The lowest BCUT2D eigenvalue weighted by molar-refractivity contribution is -0.126. The number of hydrogen-bond donors (Lipinski definition) is 2. The van der Waals surface area contributed by atoms with Crippen LogP contribution in [-0.2, 0) is 23.2 Å². The number of hydrogen-bond acceptors (Lipinski definition) is 2. The van der Waals surface area contributed by atoms with Gasteiger partial charge in [-0.05, 0) is 11.6 Å². The van der Waals surface area contributed by atoms with Gasteiger partial charge in [0.2, 0.25) is 11.8 Å². The van der Waals surface area contributed by atoms with Crippen molar-refractivity contribution in [3.63, 3.8) is 0 Å².